The number of nitrogens with one attached hydrogen (secondary N) is 2. The van der Waals surface area contributed by atoms with E-state index in [1.165, 1.54) is 11.3 Å². The Bertz CT molecular complexity index is 1330. The normalized spacial score (nSPS) is 20.6. The Morgan fingerprint density at radius 3 is 2.19 bits per heavy atom. The molecule has 0 spiro atoms. The molecule has 5 rings (SSSR count). The summed E-state index contributed by atoms with van der Waals surface area (Å²) in [6.45, 7) is 2.20. The van der Waals surface area contributed by atoms with Gasteiger partial charge in [0.2, 0.25) is 5.91 Å². The third kappa shape index (κ3) is 5.25. The molecule has 2 amide bonds. The standard InChI is InChI=1S/C28H30N2O4S2/c1-18-12-13-22-23(16-18)35-28(25(22)27(32)29-21-14-15-36(33,34)17-21)30-26(31)24(19-8-4-2-5-9-19)20-10-6-3-7-11-20/h2-11,18,21,24H,12-17H2,1H3,(H,29,32)(H,30,31). The highest BCUT2D eigenvalue weighted by Crippen LogP contribution is 2.40. The number of thiophene rings is 1. The van der Waals surface area contributed by atoms with E-state index in [0.29, 0.717) is 22.9 Å². The second kappa shape index (κ2) is 10.2. The molecule has 3 aromatic rings. The van der Waals surface area contributed by atoms with Crippen molar-refractivity contribution >= 4 is 38.0 Å². The lowest BCUT2D eigenvalue weighted by molar-refractivity contribution is -0.116. The maximum atomic E-state index is 13.8. The van der Waals surface area contributed by atoms with E-state index in [-0.39, 0.29) is 23.3 Å². The lowest BCUT2D eigenvalue weighted by atomic mass is 9.88. The number of anilines is 1. The van der Waals surface area contributed by atoms with Crippen molar-refractivity contribution in [3.05, 3.63) is 87.8 Å². The summed E-state index contributed by atoms with van der Waals surface area (Å²) >= 11 is 1.48. The van der Waals surface area contributed by atoms with E-state index in [0.717, 1.165) is 40.8 Å². The van der Waals surface area contributed by atoms with Crippen LogP contribution in [0, 0.1) is 5.92 Å². The van der Waals surface area contributed by atoms with Crippen molar-refractivity contribution in [2.24, 2.45) is 5.92 Å². The van der Waals surface area contributed by atoms with E-state index in [1.807, 2.05) is 60.7 Å². The number of benzene rings is 2. The van der Waals surface area contributed by atoms with E-state index < -0.39 is 21.8 Å². The second-order valence-electron chi connectivity index (χ2n) is 9.87. The highest BCUT2D eigenvalue weighted by Gasteiger charge is 2.34. The van der Waals surface area contributed by atoms with Gasteiger partial charge in [0, 0.05) is 10.9 Å². The summed E-state index contributed by atoms with van der Waals surface area (Å²) in [6, 6.07) is 18.9. The van der Waals surface area contributed by atoms with Gasteiger partial charge < -0.3 is 10.6 Å². The van der Waals surface area contributed by atoms with E-state index in [1.54, 1.807) is 0 Å². The van der Waals surface area contributed by atoms with Crippen LogP contribution in [0.1, 0.15) is 57.6 Å². The van der Waals surface area contributed by atoms with Gasteiger partial charge >= 0.3 is 0 Å². The van der Waals surface area contributed by atoms with Crippen LogP contribution in [0.15, 0.2) is 60.7 Å². The zero-order valence-electron chi connectivity index (χ0n) is 20.2. The second-order valence-corrected chi connectivity index (χ2v) is 13.2. The summed E-state index contributed by atoms with van der Waals surface area (Å²) in [7, 11) is -3.12. The topological polar surface area (TPSA) is 92.3 Å². The Kier molecular flexibility index (Phi) is 6.99. The van der Waals surface area contributed by atoms with Crippen LogP contribution in [0.2, 0.25) is 0 Å². The fourth-order valence-electron chi connectivity index (χ4n) is 5.22. The van der Waals surface area contributed by atoms with Crippen LogP contribution in [0.5, 0.6) is 0 Å². The summed E-state index contributed by atoms with van der Waals surface area (Å²) in [4.78, 5) is 28.4. The van der Waals surface area contributed by atoms with E-state index in [2.05, 4.69) is 17.6 Å². The van der Waals surface area contributed by atoms with Crippen LogP contribution in [-0.2, 0) is 27.5 Å². The smallest absolute Gasteiger partial charge is 0.254 e. The average molecular weight is 523 g/mol. The highest BCUT2D eigenvalue weighted by molar-refractivity contribution is 7.91. The predicted octanol–water partition coefficient (Wildman–Crippen LogP) is 4.56. The van der Waals surface area contributed by atoms with Crippen molar-refractivity contribution in [1.82, 2.24) is 5.32 Å². The maximum Gasteiger partial charge on any atom is 0.254 e. The van der Waals surface area contributed by atoms with Crippen molar-refractivity contribution in [3.63, 3.8) is 0 Å². The Morgan fingerprint density at radius 2 is 1.61 bits per heavy atom. The van der Waals surface area contributed by atoms with Crippen LogP contribution in [0.3, 0.4) is 0 Å². The van der Waals surface area contributed by atoms with Gasteiger partial charge in [0.25, 0.3) is 5.91 Å². The van der Waals surface area contributed by atoms with Crippen molar-refractivity contribution in [1.29, 1.82) is 0 Å². The lowest BCUT2D eigenvalue weighted by Gasteiger charge is -2.20. The molecule has 0 saturated carbocycles. The molecule has 2 atom stereocenters. The molecule has 1 saturated heterocycles. The Hall–Kier alpha value is -2.97. The van der Waals surface area contributed by atoms with Crippen LogP contribution in [0.25, 0.3) is 0 Å². The van der Waals surface area contributed by atoms with E-state index in [9.17, 15) is 18.0 Å². The first-order chi connectivity index (χ1) is 17.3. The molecule has 188 valence electrons. The van der Waals surface area contributed by atoms with Gasteiger partial charge in [0.05, 0.1) is 23.0 Å². The number of fused-ring (bicyclic) bond motifs is 1. The summed E-state index contributed by atoms with van der Waals surface area (Å²) in [5, 5.41) is 6.59. The third-order valence-corrected chi connectivity index (χ3v) is 10.0. The number of carbonyl (C=O) groups is 2. The van der Waals surface area contributed by atoms with Crippen LogP contribution in [0.4, 0.5) is 5.00 Å². The first-order valence-electron chi connectivity index (χ1n) is 12.4. The number of amides is 2. The Labute approximate surface area is 216 Å². The molecule has 0 radical (unpaired) electrons. The lowest BCUT2D eigenvalue weighted by Crippen LogP contribution is -2.36. The van der Waals surface area contributed by atoms with Crippen molar-refractivity contribution in [3.8, 4) is 0 Å². The van der Waals surface area contributed by atoms with Crippen molar-refractivity contribution in [2.45, 2.75) is 44.6 Å². The summed E-state index contributed by atoms with van der Waals surface area (Å²) in [5.41, 5.74) is 3.23. The Morgan fingerprint density at radius 1 is 0.972 bits per heavy atom. The average Bonchev–Trinajstić information content (AvgIpc) is 3.38. The van der Waals surface area contributed by atoms with Crippen LogP contribution >= 0.6 is 11.3 Å². The highest BCUT2D eigenvalue weighted by atomic mass is 32.2. The number of hydrogen-bond donors (Lipinski definition) is 2. The molecular weight excluding hydrogens is 492 g/mol. The molecule has 2 unspecified atom stereocenters. The van der Waals surface area contributed by atoms with Gasteiger partial charge in [-0.2, -0.15) is 0 Å². The van der Waals surface area contributed by atoms with Gasteiger partial charge in [-0.25, -0.2) is 8.42 Å². The molecule has 0 bridgehead atoms. The van der Waals surface area contributed by atoms with E-state index >= 15 is 0 Å². The molecule has 2 aromatic carbocycles. The molecule has 8 heteroatoms. The quantitative estimate of drug-likeness (QED) is 0.496. The molecule has 6 nitrogen and oxygen atoms in total. The molecule has 1 aromatic heterocycles. The van der Waals surface area contributed by atoms with Crippen molar-refractivity contribution in [2.75, 3.05) is 16.8 Å². The first kappa shape index (κ1) is 24.7. The van der Waals surface area contributed by atoms with Crippen LogP contribution < -0.4 is 10.6 Å². The van der Waals surface area contributed by atoms with Gasteiger partial charge in [-0.1, -0.05) is 67.6 Å². The van der Waals surface area contributed by atoms with E-state index in [4.69, 9.17) is 0 Å². The molecule has 1 aliphatic heterocycles. The molecule has 2 N–H and O–H groups in total. The summed E-state index contributed by atoms with van der Waals surface area (Å²) in [6.07, 6.45) is 3.04. The van der Waals surface area contributed by atoms with Gasteiger partial charge in [-0.05, 0) is 48.3 Å². The molecule has 36 heavy (non-hydrogen) atoms. The first-order valence-corrected chi connectivity index (χ1v) is 15.0. The van der Waals surface area contributed by atoms with Gasteiger partial charge in [-0.15, -0.1) is 11.3 Å². The SMILES string of the molecule is CC1CCc2c(sc(NC(=O)C(c3ccccc3)c3ccccc3)c2C(=O)NC2CCS(=O)(=O)C2)C1. The fourth-order valence-corrected chi connectivity index (χ4v) is 8.30. The molecule has 2 heterocycles. The van der Waals surface area contributed by atoms with Crippen molar-refractivity contribution < 1.29 is 18.0 Å². The fraction of sp³-hybridized carbons (Fsp3) is 0.357. The minimum Gasteiger partial charge on any atom is -0.348 e. The monoisotopic (exact) mass is 522 g/mol. The molecule has 1 aliphatic carbocycles. The zero-order chi connectivity index (χ0) is 25.3. The predicted molar refractivity (Wildman–Crippen MR) is 143 cm³/mol. The molecule has 1 fully saturated rings. The summed E-state index contributed by atoms with van der Waals surface area (Å²) < 4.78 is 23.9. The van der Waals surface area contributed by atoms with Gasteiger partial charge in [-0.3, -0.25) is 9.59 Å². The summed E-state index contributed by atoms with van der Waals surface area (Å²) in [5.74, 6) is -0.449. The van der Waals surface area contributed by atoms with Crippen LogP contribution in [-0.4, -0.2) is 37.8 Å². The largest absolute Gasteiger partial charge is 0.348 e. The minimum absolute atomic E-state index is 0.0338. The van der Waals surface area contributed by atoms with Gasteiger partial charge in [0.1, 0.15) is 5.00 Å². The number of hydrogen-bond acceptors (Lipinski definition) is 5. The third-order valence-electron chi connectivity index (χ3n) is 7.07. The number of rotatable bonds is 6. The number of carbonyl (C=O) groups excluding carboxylic acids is 2. The molecule has 2 aliphatic rings. The minimum atomic E-state index is -3.12. The van der Waals surface area contributed by atoms with Gasteiger partial charge in [0.15, 0.2) is 9.84 Å². The Balaban J connectivity index is 1.48. The zero-order valence-corrected chi connectivity index (χ0v) is 21.8. The number of sulfone groups is 1. The molecular formula is C28H30N2O4S2. The maximum absolute atomic E-state index is 13.8.